The van der Waals surface area contributed by atoms with E-state index in [1.807, 2.05) is 18.2 Å². The first kappa shape index (κ1) is 13.8. The van der Waals surface area contributed by atoms with Crippen LogP contribution in [0.3, 0.4) is 0 Å². The Bertz CT molecular complexity index is 605. The third kappa shape index (κ3) is 3.22. The van der Waals surface area contributed by atoms with Gasteiger partial charge in [-0.15, -0.1) is 0 Å². The van der Waals surface area contributed by atoms with Crippen molar-refractivity contribution >= 4 is 10.9 Å². The summed E-state index contributed by atoms with van der Waals surface area (Å²) in [5.41, 5.74) is 2.87. The maximum atomic E-state index is 12.0. The van der Waals surface area contributed by atoms with Crippen LogP contribution in [0.2, 0.25) is 0 Å². The van der Waals surface area contributed by atoms with Gasteiger partial charge in [0.15, 0.2) is 0 Å². The molecule has 2 rings (SSSR count). The Morgan fingerprint density at radius 2 is 2.16 bits per heavy atom. The molecule has 1 heterocycles. The van der Waals surface area contributed by atoms with E-state index in [-0.39, 0.29) is 5.56 Å². The Kier molecular flexibility index (Phi) is 4.71. The van der Waals surface area contributed by atoms with Crippen molar-refractivity contribution in [1.29, 1.82) is 0 Å². The summed E-state index contributed by atoms with van der Waals surface area (Å²) < 4.78 is 4.96. The van der Waals surface area contributed by atoms with Crippen LogP contribution in [0.1, 0.15) is 18.1 Å². The van der Waals surface area contributed by atoms with E-state index in [0.29, 0.717) is 13.2 Å². The first-order valence-electron chi connectivity index (χ1n) is 6.59. The molecule has 0 spiro atoms. The second-order valence-electron chi connectivity index (χ2n) is 4.53. The fourth-order valence-electron chi connectivity index (χ4n) is 2.16. The molecule has 0 bridgehead atoms. The highest BCUT2D eigenvalue weighted by Crippen LogP contribution is 2.16. The van der Waals surface area contributed by atoms with Crippen molar-refractivity contribution < 1.29 is 4.74 Å². The number of aromatic nitrogens is 1. The topological polar surface area (TPSA) is 54.1 Å². The van der Waals surface area contributed by atoms with Crippen molar-refractivity contribution in [2.45, 2.75) is 19.9 Å². The fraction of sp³-hybridized carbons (Fsp3) is 0.400. The molecule has 1 aromatic carbocycles. The van der Waals surface area contributed by atoms with Crippen molar-refractivity contribution in [2.24, 2.45) is 0 Å². The predicted molar refractivity (Wildman–Crippen MR) is 77.5 cm³/mol. The molecule has 0 saturated carbocycles. The van der Waals surface area contributed by atoms with Gasteiger partial charge in [0.05, 0.1) is 12.1 Å². The quantitative estimate of drug-likeness (QED) is 0.779. The number of rotatable bonds is 6. The van der Waals surface area contributed by atoms with E-state index in [1.165, 1.54) is 5.56 Å². The van der Waals surface area contributed by atoms with Gasteiger partial charge in [0, 0.05) is 25.8 Å². The second-order valence-corrected chi connectivity index (χ2v) is 4.53. The number of aromatic amines is 1. The van der Waals surface area contributed by atoms with E-state index in [2.05, 4.69) is 23.3 Å². The number of H-pyrrole nitrogens is 1. The summed E-state index contributed by atoms with van der Waals surface area (Å²) in [5, 5.41) is 4.28. The van der Waals surface area contributed by atoms with Crippen molar-refractivity contribution in [3.63, 3.8) is 0 Å². The highest BCUT2D eigenvalue weighted by Gasteiger charge is 2.05. The Hall–Kier alpha value is -1.65. The van der Waals surface area contributed by atoms with Crippen LogP contribution in [0.4, 0.5) is 0 Å². The monoisotopic (exact) mass is 260 g/mol. The molecule has 0 fully saturated rings. The van der Waals surface area contributed by atoms with Crippen molar-refractivity contribution in [3.8, 4) is 0 Å². The SMILES string of the molecule is CCc1cccc2cc(CNCCOC)c(=O)[nH]c12. The van der Waals surface area contributed by atoms with Gasteiger partial charge >= 0.3 is 0 Å². The first-order valence-corrected chi connectivity index (χ1v) is 6.59. The van der Waals surface area contributed by atoms with E-state index in [9.17, 15) is 4.79 Å². The van der Waals surface area contributed by atoms with Gasteiger partial charge in [-0.1, -0.05) is 25.1 Å². The zero-order chi connectivity index (χ0) is 13.7. The minimum Gasteiger partial charge on any atom is -0.383 e. The lowest BCUT2D eigenvalue weighted by molar-refractivity contribution is 0.199. The average molecular weight is 260 g/mol. The minimum absolute atomic E-state index is 0.0154. The normalized spacial score (nSPS) is 11.1. The van der Waals surface area contributed by atoms with E-state index in [1.54, 1.807) is 7.11 Å². The van der Waals surface area contributed by atoms with E-state index < -0.39 is 0 Å². The maximum absolute atomic E-state index is 12.0. The molecule has 19 heavy (non-hydrogen) atoms. The van der Waals surface area contributed by atoms with E-state index in [4.69, 9.17) is 4.74 Å². The van der Waals surface area contributed by atoms with Crippen molar-refractivity contribution in [3.05, 3.63) is 45.7 Å². The van der Waals surface area contributed by atoms with Gasteiger partial charge in [-0.2, -0.15) is 0 Å². The van der Waals surface area contributed by atoms with Crippen LogP contribution in [-0.2, 0) is 17.7 Å². The number of hydrogen-bond acceptors (Lipinski definition) is 3. The third-order valence-electron chi connectivity index (χ3n) is 3.22. The fourth-order valence-corrected chi connectivity index (χ4v) is 2.16. The summed E-state index contributed by atoms with van der Waals surface area (Å²) in [6.07, 6.45) is 0.915. The molecule has 0 saturated heterocycles. The lowest BCUT2D eigenvalue weighted by atomic mass is 10.1. The third-order valence-corrected chi connectivity index (χ3v) is 3.22. The zero-order valence-corrected chi connectivity index (χ0v) is 11.5. The molecule has 2 aromatic rings. The van der Waals surface area contributed by atoms with Crippen LogP contribution in [0.15, 0.2) is 29.1 Å². The molecule has 0 aliphatic rings. The average Bonchev–Trinajstić information content (AvgIpc) is 2.43. The van der Waals surface area contributed by atoms with E-state index in [0.717, 1.165) is 29.4 Å². The van der Waals surface area contributed by atoms with Gasteiger partial charge in [0.25, 0.3) is 5.56 Å². The largest absolute Gasteiger partial charge is 0.383 e. The van der Waals surface area contributed by atoms with Gasteiger partial charge in [-0.3, -0.25) is 4.79 Å². The molecule has 0 aliphatic carbocycles. The molecule has 2 N–H and O–H groups in total. The molecular weight excluding hydrogens is 240 g/mol. The number of fused-ring (bicyclic) bond motifs is 1. The van der Waals surface area contributed by atoms with Gasteiger partial charge in [-0.25, -0.2) is 0 Å². The number of aryl methyl sites for hydroxylation is 1. The summed E-state index contributed by atoms with van der Waals surface area (Å²) >= 11 is 0. The van der Waals surface area contributed by atoms with Gasteiger partial charge in [0.1, 0.15) is 0 Å². The number of nitrogens with one attached hydrogen (secondary N) is 2. The molecule has 1 aromatic heterocycles. The van der Waals surface area contributed by atoms with Gasteiger partial charge < -0.3 is 15.0 Å². The van der Waals surface area contributed by atoms with E-state index >= 15 is 0 Å². The molecule has 0 unspecified atom stereocenters. The zero-order valence-electron chi connectivity index (χ0n) is 11.5. The molecule has 0 atom stereocenters. The van der Waals surface area contributed by atoms with Gasteiger partial charge in [-0.05, 0) is 23.4 Å². The Balaban J connectivity index is 2.27. The Morgan fingerprint density at radius 1 is 1.32 bits per heavy atom. The van der Waals surface area contributed by atoms with Crippen molar-refractivity contribution in [1.82, 2.24) is 10.3 Å². The summed E-state index contributed by atoms with van der Waals surface area (Å²) in [7, 11) is 1.66. The summed E-state index contributed by atoms with van der Waals surface area (Å²) in [6, 6.07) is 8.08. The lowest BCUT2D eigenvalue weighted by Gasteiger charge is -2.07. The number of para-hydroxylation sites is 1. The summed E-state index contributed by atoms with van der Waals surface area (Å²) in [4.78, 5) is 15.0. The van der Waals surface area contributed by atoms with Crippen LogP contribution >= 0.6 is 0 Å². The molecule has 0 amide bonds. The Morgan fingerprint density at radius 3 is 2.89 bits per heavy atom. The van der Waals surface area contributed by atoms with Crippen LogP contribution in [0.25, 0.3) is 10.9 Å². The molecule has 102 valence electrons. The van der Waals surface area contributed by atoms with Crippen molar-refractivity contribution in [2.75, 3.05) is 20.3 Å². The summed E-state index contributed by atoms with van der Waals surface area (Å²) in [5.74, 6) is 0. The molecule has 0 aliphatic heterocycles. The van der Waals surface area contributed by atoms with Crippen LogP contribution in [0, 0.1) is 0 Å². The number of benzene rings is 1. The second kappa shape index (κ2) is 6.50. The summed E-state index contributed by atoms with van der Waals surface area (Å²) in [6.45, 7) is 4.03. The highest BCUT2D eigenvalue weighted by molar-refractivity contribution is 5.82. The van der Waals surface area contributed by atoms with Crippen LogP contribution < -0.4 is 10.9 Å². The molecular formula is C15H20N2O2. The number of ether oxygens (including phenoxy) is 1. The molecule has 4 nitrogen and oxygen atoms in total. The number of hydrogen-bond donors (Lipinski definition) is 2. The van der Waals surface area contributed by atoms with Crippen LogP contribution in [-0.4, -0.2) is 25.2 Å². The standard InChI is InChI=1S/C15H20N2O2/c1-3-11-5-4-6-12-9-13(10-16-7-8-19-2)15(18)17-14(11)12/h4-6,9,16H,3,7-8,10H2,1-2H3,(H,17,18). The smallest absolute Gasteiger partial charge is 0.252 e. The first-order chi connectivity index (χ1) is 9.26. The highest BCUT2D eigenvalue weighted by atomic mass is 16.5. The number of methoxy groups -OCH3 is 1. The Labute approximate surface area is 112 Å². The minimum atomic E-state index is -0.0154. The van der Waals surface area contributed by atoms with Gasteiger partial charge in [0.2, 0.25) is 0 Å². The maximum Gasteiger partial charge on any atom is 0.252 e. The van der Waals surface area contributed by atoms with Crippen LogP contribution in [0.5, 0.6) is 0 Å². The lowest BCUT2D eigenvalue weighted by Crippen LogP contribution is -2.23. The predicted octanol–water partition coefficient (Wildman–Crippen LogP) is 1.83. The molecule has 0 radical (unpaired) electrons. The molecule has 4 heteroatoms. The number of pyridine rings is 1.